The van der Waals surface area contributed by atoms with E-state index in [9.17, 15) is 9.18 Å². The Morgan fingerprint density at radius 1 is 1.07 bits per heavy atom. The smallest absolute Gasteiger partial charge is 0.251 e. The minimum Gasteiger partial charge on any atom is -0.379 e. The van der Waals surface area contributed by atoms with Gasteiger partial charge in [-0.2, -0.15) is 0 Å². The van der Waals surface area contributed by atoms with Crippen LogP contribution in [0.25, 0.3) is 0 Å². The number of thioether (sulfide) groups is 2. The Morgan fingerprint density at radius 2 is 1.73 bits per heavy atom. The molecule has 0 unspecified atom stereocenters. The molecule has 2 aliphatic rings. The molecule has 160 valence electrons. The second-order valence-corrected chi connectivity index (χ2v) is 10.2. The Kier molecular flexibility index (Phi) is 7.71. The van der Waals surface area contributed by atoms with E-state index in [-0.39, 0.29) is 17.8 Å². The van der Waals surface area contributed by atoms with Gasteiger partial charge in [0.15, 0.2) is 0 Å². The van der Waals surface area contributed by atoms with E-state index in [1.807, 2.05) is 35.7 Å². The molecule has 0 radical (unpaired) electrons. The largest absolute Gasteiger partial charge is 0.379 e. The molecule has 0 aliphatic carbocycles. The molecule has 2 heterocycles. The maximum atomic E-state index is 13.4. The van der Waals surface area contributed by atoms with Crippen LogP contribution in [0.1, 0.15) is 38.5 Å². The highest BCUT2D eigenvalue weighted by molar-refractivity contribution is 8.16. The highest BCUT2D eigenvalue weighted by Crippen LogP contribution is 2.43. The predicted octanol–water partition coefficient (Wildman–Crippen LogP) is 4.50. The molecule has 2 saturated heterocycles. The summed E-state index contributed by atoms with van der Waals surface area (Å²) in [5.74, 6) is 2.07. The van der Waals surface area contributed by atoms with Gasteiger partial charge in [0.2, 0.25) is 0 Å². The molecule has 0 bridgehead atoms. The molecule has 2 aromatic rings. The van der Waals surface area contributed by atoms with E-state index in [0.29, 0.717) is 29.9 Å². The summed E-state index contributed by atoms with van der Waals surface area (Å²) in [7, 11) is 0. The summed E-state index contributed by atoms with van der Waals surface area (Å²) in [5, 5.41) is 3.08. The average molecular weight is 447 g/mol. The maximum Gasteiger partial charge on any atom is 0.251 e. The molecule has 4 rings (SSSR count). The third-order valence-corrected chi connectivity index (χ3v) is 8.48. The molecular formula is C23H27FN2O2S2. The zero-order valence-electron chi connectivity index (χ0n) is 16.9. The highest BCUT2D eigenvalue weighted by Gasteiger charge is 2.24. The van der Waals surface area contributed by atoms with Crippen LogP contribution < -0.4 is 5.32 Å². The summed E-state index contributed by atoms with van der Waals surface area (Å²) in [6, 6.07) is 14.5. The normalized spacial score (nSPS) is 19.4. The van der Waals surface area contributed by atoms with Crippen molar-refractivity contribution in [1.82, 2.24) is 10.2 Å². The van der Waals surface area contributed by atoms with Crippen molar-refractivity contribution in [2.45, 2.75) is 17.0 Å². The van der Waals surface area contributed by atoms with Crippen LogP contribution in [0.2, 0.25) is 0 Å². The molecule has 1 amide bonds. The second kappa shape index (κ2) is 10.7. The van der Waals surface area contributed by atoms with Gasteiger partial charge in [0.1, 0.15) is 5.82 Å². The lowest BCUT2D eigenvalue weighted by Gasteiger charge is -2.35. The van der Waals surface area contributed by atoms with Crippen LogP contribution in [0.5, 0.6) is 0 Å². The average Bonchev–Trinajstić information content (AvgIpc) is 2.81. The summed E-state index contributed by atoms with van der Waals surface area (Å²) >= 11 is 3.96. The second-order valence-electron chi connectivity index (χ2n) is 7.47. The van der Waals surface area contributed by atoms with Gasteiger partial charge in [-0.15, -0.1) is 23.5 Å². The fourth-order valence-electron chi connectivity index (χ4n) is 3.80. The molecule has 1 atom stereocenters. The molecule has 2 aliphatic heterocycles. The minimum atomic E-state index is -0.252. The summed E-state index contributed by atoms with van der Waals surface area (Å²) in [6.07, 6.45) is 1.27. The first-order chi connectivity index (χ1) is 14.7. The maximum absolute atomic E-state index is 13.4. The number of carbonyl (C=O) groups is 1. The van der Waals surface area contributed by atoms with Gasteiger partial charge in [-0.1, -0.05) is 24.3 Å². The first-order valence-corrected chi connectivity index (χ1v) is 12.5. The van der Waals surface area contributed by atoms with Crippen LogP contribution in [0.15, 0.2) is 48.5 Å². The zero-order chi connectivity index (χ0) is 20.8. The fraction of sp³-hybridized carbons (Fsp3) is 0.435. The van der Waals surface area contributed by atoms with E-state index in [1.54, 1.807) is 12.1 Å². The van der Waals surface area contributed by atoms with E-state index >= 15 is 0 Å². The summed E-state index contributed by atoms with van der Waals surface area (Å²) in [6.45, 7) is 3.40. The number of hydrogen-bond acceptors (Lipinski definition) is 5. The Labute approximate surface area is 185 Å². The number of nitrogens with one attached hydrogen (secondary N) is 1. The van der Waals surface area contributed by atoms with Crippen molar-refractivity contribution in [3.8, 4) is 0 Å². The Balaban J connectivity index is 1.40. The third kappa shape index (κ3) is 5.58. The van der Waals surface area contributed by atoms with Crippen molar-refractivity contribution < 1.29 is 13.9 Å². The summed E-state index contributed by atoms with van der Waals surface area (Å²) < 4.78 is 19.3. The van der Waals surface area contributed by atoms with E-state index < -0.39 is 0 Å². The number of nitrogens with zero attached hydrogens (tertiary/aromatic N) is 1. The van der Waals surface area contributed by atoms with E-state index in [4.69, 9.17) is 4.74 Å². The van der Waals surface area contributed by atoms with Crippen molar-refractivity contribution in [1.29, 1.82) is 0 Å². The number of ether oxygens (including phenoxy) is 1. The number of morpholine rings is 1. The van der Waals surface area contributed by atoms with Gasteiger partial charge in [0.25, 0.3) is 5.91 Å². The van der Waals surface area contributed by atoms with Crippen LogP contribution in [0, 0.1) is 5.82 Å². The van der Waals surface area contributed by atoms with Crippen molar-refractivity contribution in [3.05, 3.63) is 71.0 Å². The summed E-state index contributed by atoms with van der Waals surface area (Å²) in [4.78, 5) is 15.1. The van der Waals surface area contributed by atoms with Crippen LogP contribution >= 0.6 is 23.5 Å². The van der Waals surface area contributed by atoms with Crippen molar-refractivity contribution >= 4 is 29.4 Å². The number of hydrogen-bond donors (Lipinski definition) is 1. The first kappa shape index (κ1) is 21.7. The number of amides is 1. The molecule has 1 N–H and O–H groups in total. The van der Waals surface area contributed by atoms with Crippen LogP contribution in [0.3, 0.4) is 0 Å². The van der Waals surface area contributed by atoms with Crippen LogP contribution in [0.4, 0.5) is 4.39 Å². The standard InChI is InChI=1S/C23H27FN2O2S2/c24-20-8-6-17(7-9-20)21(26-10-12-28-13-11-26)16-25-22(27)18-2-4-19(5-3-18)23-29-14-1-15-30-23/h2-9,21,23H,1,10-16H2,(H,25,27)/t21-/m1/s1. The minimum absolute atomic E-state index is 0.00670. The Bertz CT molecular complexity index is 820. The summed E-state index contributed by atoms with van der Waals surface area (Å²) in [5.41, 5.74) is 2.95. The molecular weight excluding hydrogens is 419 g/mol. The topological polar surface area (TPSA) is 41.6 Å². The SMILES string of the molecule is O=C(NC[C@H](c1ccc(F)cc1)N1CCOCC1)c1ccc(C2SCCCS2)cc1. The van der Waals surface area contributed by atoms with Gasteiger partial charge in [-0.05, 0) is 53.3 Å². The van der Waals surface area contributed by atoms with Gasteiger partial charge in [-0.3, -0.25) is 9.69 Å². The predicted molar refractivity (Wildman–Crippen MR) is 123 cm³/mol. The van der Waals surface area contributed by atoms with Gasteiger partial charge >= 0.3 is 0 Å². The number of rotatable bonds is 6. The first-order valence-electron chi connectivity index (χ1n) is 10.4. The molecule has 0 aromatic heterocycles. The zero-order valence-corrected chi connectivity index (χ0v) is 18.5. The quantitative estimate of drug-likeness (QED) is 0.708. The van der Waals surface area contributed by atoms with Gasteiger partial charge in [-0.25, -0.2) is 4.39 Å². The van der Waals surface area contributed by atoms with Crippen molar-refractivity contribution in [3.63, 3.8) is 0 Å². The Morgan fingerprint density at radius 3 is 2.40 bits per heavy atom. The number of benzene rings is 2. The molecule has 4 nitrogen and oxygen atoms in total. The molecule has 30 heavy (non-hydrogen) atoms. The lowest BCUT2D eigenvalue weighted by Crippen LogP contribution is -2.43. The van der Waals surface area contributed by atoms with E-state index in [0.717, 1.165) is 18.7 Å². The van der Waals surface area contributed by atoms with E-state index in [2.05, 4.69) is 22.3 Å². The number of carbonyl (C=O) groups excluding carboxylic acids is 1. The molecule has 0 saturated carbocycles. The number of halogens is 1. The monoisotopic (exact) mass is 446 g/mol. The van der Waals surface area contributed by atoms with Crippen molar-refractivity contribution in [2.24, 2.45) is 0 Å². The van der Waals surface area contributed by atoms with Gasteiger partial charge in [0, 0.05) is 25.2 Å². The fourth-order valence-corrected chi connectivity index (χ4v) is 6.69. The molecule has 2 aromatic carbocycles. The van der Waals surface area contributed by atoms with Crippen LogP contribution in [-0.4, -0.2) is 55.2 Å². The van der Waals surface area contributed by atoms with Crippen LogP contribution in [-0.2, 0) is 4.74 Å². The van der Waals surface area contributed by atoms with Gasteiger partial charge < -0.3 is 10.1 Å². The molecule has 0 spiro atoms. The van der Waals surface area contributed by atoms with Crippen molar-refractivity contribution in [2.75, 3.05) is 44.4 Å². The van der Waals surface area contributed by atoms with Gasteiger partial charge in [0.05, 0.1) is 23.8 Å². The highest BCUT2D eigenvalue weighted by atomic mass is 32.2. The lowest BCUT2D eigenvalue weighted by molar-refractivity contribution is 0.0162. The third-order valence-electron chi connectivity index (χ3n) is 5.47. The Hall–Kier alpha value is -1.54. The lowest BCUT2D eigenvalue weighted by atomic mass is 10.0. The molecule has 2 fully saturated rings. The molecule has 7 heteroatoms. The van der Waals surface area contributed by atoms with E-state index in [1.165, 1.54) is 35.6 Å².